The zero-order valence-corrected chi connectivity index (χ0v) is 18.9. The summed E-state index contributed by atoms with van der Waals surface area (Å²) in [5.41, 5.74) is 1.38. The van der Waals surface area contributed by atoms with Gasteiger partial charge >= 0.3 is 13.7 Å². The summed E-state index contributed by atoms with van der Waals surface area (Å²) in [4.78, 5) is 24.7. The zero-order chi connectivity index (χ0) is 21.4. The molecule has 0 aliphatic carbocycles. The Morgan fingerprint density at radius 2 is 1.64 bits per heavy atom. The molecule has 0 saturated heterocycles. The van der Waals surface area contributed by atoms with Crippen molar-refractivity contribution in [3.8, 4) is 0 Å². The van der Waals surface area contributed by atoms with Crippen molar-refractivity contribution in [2.45, 2.75) is 36.8 Å². The number of amides is 1. The van der Waals surface area contributed by atoms with Gasteiger partial charge in [0.25, 0.3) is 0 Å². The molecule has 28 heavy (non-hydrogen) atoms. The highest BCUT2D eigenvalue weighted by molar-refractivity contribution is 7.54. The summed E-state index contributed by atoms with van der Waals surface area (Å²) in [7, 11) is -3.86. The number of benzene rings is 1. The lowest BCUT2D eigenvalue weighted by molar-refractivity contribution is 0.0965. The number of nitrogens with one attached hydrogen (secondary N) is 1. The van der Waals surface area contributed by atoms with Crippen LogP contribution in [0.4, 0.5) is 4.79 Å². The number of halogens is 3. The van der Waals surface area contributed by atoms with Gasteiger partial charge in [-0.05, 0) is 20.8 Å². The van der Waals surface area contributed by atoms with Crippen LogP contribution in [0.25, 0.3) is 0 Å². The molecule has 0 aromatic heterocycles. The number of alkyl halides is 3. The van der Waals surface area contributed by atoms with E-state index in [1.165, 1.54) is 0 Å². The van der Waals surface area contributed by atoms with Crippen molar-refractivity contribution in [1.29, 1.82) is 0 Å². The molecule has 1 aromatic carbocycles. The van der Waals surface area contributed by atoms with Gasteiger partial charge in [0.2, 0.25) is 3.79 Å². The molecule has 1 unspecified atom stereocenters. The summed E-state index contributed by atoms with van der Waals surface area (Å²) in [5, 5.41) is 2.34. The molecule has 1 rings (SSSR count). The lowest BCUT2D eigenvalue weighted by atomic mass is 10.1. The number of Topliss-reactive ketones (excluding diaryl/α,β-unsaturated/α-hetero) is 1. The largest absolute Gasteiger partial charge is 0.445 e. The molecule has 0 bridgehead atoms. The summed E-state index contributed by atoms with van der Waals surface area (Å²) >= 11 is 16.6. The number of hydrogen-bond acceptors (Lipinski definition) is 6. The second-order valence-corrected chi connectivity index (χ2v) is 10.5. The average Bonchev–Trinajstić information content (AvgIpc) is 2.59. The summed E-state index contributed by atoms with van der Waals surface area (Å²) < 4.78 is 26.7. The van der Waals surface area contributed by atoms with E-state index in [0.29, 0.717) is 5.56 Å². The third-order valence-corrected chi connectivity index (χ3v) is 6.04. The van der Waals surface area contributed by atoms with Gasteiger partial charge in [-0.25, -0.2) is 4.79 Å². The van der Waals surface area contributed by atoms with Gasteiger partial charge in [-0.1, -0.05) is 64.6 Å². The molecule has 0 aliphatic rings. The predicted molar refractivity (Wildman–Crippen MR) is 110 cm³/mol. The number of ketones is 1. The van der Waals surface area contributed by atoms with E-state index < -0.39 is 29.9 Å². The SMILES string of the molecule is CCOP(=O)(OCC)C(CC(=O)c1ccc(C)cc1)NC(=O)OCC(Cl)(Cl)Cl. The quantitative estimate of drug-likeness (QED) is 0.283. The highest BCUT2D eigenvalue weighted by Gasteiger charge is 2.39. The molecule has 0 fully saturated rings. The van der Waals surface area contributed by atoms with Gasteiger partial charge in [0.05, 0.1) is 13.2 Å². The average molecular weight is 475 g/mol. The highest BCUT2D eigenvalue weighted by atomic mass is 35.6. The van der Waals surface area contributed by atoms with Gasteiger partial charge < -0.3 is 19.1 Å². The molecule has 1 N–H and O–H groups in total. The topological polar surface area (TPSA) is 90.9 Å². The second kappa shape index (κ2) is 11.4. The first-order valence-corrected chi connectivity index (χ1v) is 11.2. The van der Waals surface area contributed by atoms with Crippen molar-refractivity contribution in [2.24, 2.45) is 0 Å². The Morgan fingerprint density at radius 1 is 1.11 bits per heavy atom. The Labute approximate surface area is 179 Å². The van der Waals surface area contributed by atoms with E-state index in [9.17, 15) is 14.2 Å². The summed E-state index contributed by atoms with van der Waals surface area (Å²) in [6.07, 6.45) is -1.35. The van der Waals surface area contributed by atoms with Crippen molar-refractivity contribution in [3.63, 3.8) is 0 Å². The zero-order valence-electron chi connectivity index (χ0n) is 15.7. The van der Waals surface area contributed by atoms with Gasteiger partial charge in [0.1, 0.15) is 12.4 Å². The lowest BCUT2D eigenvalue weighted by Crippen LogP contribution is -2.39. The summed E-state index contributed by atoms with van der Waals surface area (Å²) in [6.45, 7) is 4.69. The minimum Gasteiger partial charge on any atom is -0.445 e. The third-order valence-electron chi connectivity index (χ3n) is 3.40. The van der Waals surface area contributed by atoms with E-state index in [-0.39, 0.29) is 25.4 Å². The predicted octanol–water partition coefficient (Wildman–Crippen LogP) is 5.26. The molecule has 0 spiro atoms. The number of rotatable bonds is 10. The van der Waals surface area contributed by atoms with Crippen LogP contribution in [-0.2, 0) is 18.3 Å². The summed E-state index contributed by atoms with van der Waals surface area (Å²) in [6, 6.07) is 6.83. The first-order valence-electron chi connectivity index (χ1n) is 8.49. The first kappa shape index (κ1) is 25.2. The van der Waals surface area contributed by atoms with E-state index in [1.54, 1.807) is 38.1 Å². The van der Waals surface area contributed by atoms with Gasteiger partial charge in [0.15, 0.2) is 5.78 Å². The van der Waals surface area contributed by atoms with E-state index in [0.717, 1.165) is 5.56 Å². The maximum atomic E-state index is 13.1. The molecule has 0 radical (unpaired) electrons. The molecule has 11 heteroatoms. The Balaban J connectivity index is 3.02. The molecule has 0 saturated carbocycles. The number of ether oxygens (including phenoxy) is 1. The van der Waals surface area contributed by atoms with Gasteiger partial charge in [-0.15, -0.1) is 0 Å². The molecule has 0 heterocycles. The van der Waals surface area contributed by atoms with Crippen LogP contribution in [-0.4, -0.2) is 41.3 Å². The van der Waals surface area contributed by atoms with Crippen LogP contribution < -0.4 is 5.32 Å². The number of hydrogen-bond donors (Lipinski definition) is 1. The Kier molecular flexibility index (Phi) is 10.3. The van der Waals surface area contributed by atoms with Gasteiger partial charge in [-0.3, -0.25) is 9.36 Å². The van der Waals surface area contributed by atoms with Crippen molar-refractivity contribution < 1.29 is 27.9 Å². The standard InChI is InChI=1S/C17H23Cl3NO6P/c1-4-26-28(24,27-5-2)15(21-16(23)25-11-17(18,19)20)10-14(22)13-8-6-12(3)7-9-13/h6-9,15H,4-5,10-11H2,1-3H3,(H,21,23). The Morgan fingerprint density at radius 3 is 2.11 bits per heavy atom. The second-order valence-electron chi connectivity index (χ2n) is 5.72. The van der Waals surface area contributed by atoms with Crippen molar-refractivity contribution in [1.82, 2.24) is 5.32 Å². The third kappa shape index (κ3) is 8.68. The van der Waals surface area contributed by atoms with E-state index in [1.807, 2.05) is 6.92 Å². The molecular weight excluding hydrogens is 452 g/mol. The van der Waals surface area contributed by atoms with Crippen molar-refractivity contribution in [3.05, 3.63) is 35.4 Å². The maximum Gasteiger partial charge on any atom is 0.408 e. The fourth-order valence-corrected chi connectivity index (χ4v) is 4.15. The van der Waals surface area contributed by atoms with Crippen LogP contribution in [0.15, 0.2) is 24.3 Å². The molecule has 0 aliphatic heterocycles. The molecule has 158 valence electrons. The number of aryl methyl sites for hydroxylation is 1. The van der Waals surface area contributed by atoms with Crippen LogP contribution >= 0.6 is 42.4 Å². The maximum absolute atomic E-state index is 13.1. The fourth-order valence-electron chi connectivity index (χ4n) is 2.18. The smallest absolute Gasteiger partial charge is 0.408 e. The van der Waals surface area contributed by atoms with Crippen molar-refractivity contribution >= 4 is 54.3 Å². The van der Waals surface area contributed by atoms with Crippen LogP contribution in [0, 0.1) is 6.92 Å². The monoisotopic (exact) mass is 473 g/mol. The number of alkyl carbamates (subject to hydrolysis) is 1. The molecular formula is C17H23Cl3NO6P. The first-order chi connectivity index (χ1) is 13.0. The van der Waals surface area contributed by atoms with Gasteiger partial charge in [0, 0.05) is 12.0 Å². The Bertz CT molecular complexity index is 698. The minimum absolute atomic E-state index is 0.0530. The molecule has 1 aromatic rings. The molecule has 1 amide bonds. The van der Waals surface area contributed by atoms with Gasteiger partial charge in [-0.2, -0.15) is 0 Å². The fraction of sp³-hybridized carbons (Fsp3) is 0.529. The summed E-state index contributed by atoms with van der Waals surface area (Å²) in [5.74, 6) is -1.63. The van der Waals surface area contributed by atoms with Crippen LogP contribution in [0.3, 0.4) is 0 Å². The molecule has 7 nitrogen and oxygen atoms in total. The lowest BCUT2D eigenvalue weighted by Gasteiger charge is -2.26. The van der Waals surface area contributed by atoms with E-state index in [4.69, 9.17) is 48.6 Å². The molecule has 1 atom stereocenters. The van der Waals surface area contributed by atoms with Crippen LogP contribution in [0.2, 0.25) is 0 Å². The van der Waals surface area contributed by atoms with Crippen molar-refractivity contribution in [2.75, 3.05) is 19.8 Å². The minimum atomic E-state index is -3.86. The van der Waals surface area contributed by atoms with E-state index >= 15 is 0 Å². The van der Waals surface area contributed by atoms with Crippen LogP contribution in [0.1, 0.15) is 36.2 Å². The number of carbonyl (C=O) groups is 2. The Hall–Kier alpha value is -0.820. The van der Waals surface area contributed by atoms with E-state index in [2.05, 4.69) is 5.32 Å². The normalized spacial score (nSPS) is 13.1. The highest BCUT2D eigenvalue weighted by Crippen LogP contribution is 2.53. The van der Waals surface area contributed by atoms with Crippen LogP contribution in [0.5, 0.6) is 0 Å². The number of carbonyl (C=O) groups excluding carboxylic acids is 2.